The monoisotopic (exact) mass is 407 g/mol. The molecule has 9 nitrogen and oxygen atoms in total. The largest absolute Gasteiger partial charge is 0.391 e. The first-order valence-corrected chi connectivity index (χ1v) is 11.4. The van der Waals surface area contributed by atoms with Crippen LogP contribution in [0, 0.1) is 0 Å². The molecule has 0 aliphatic carbocycles. The Balaban J connectivity index is 1.69. The van der Waals surface area contributed by atoms with E-state index in [1.165, 1.54) is 6.33 Å². The molecule has 0 unspecified atom stereocenters. The summed E-state index contributed by atoms with van der Waals surface area (Å²) in [5.74, 6) is 0.292. The molecule has 2 aliphatic rings. The van der Waals surface area contributed by atoms with E-state index in [-0.39, 0.29) is 16.2 Å². The highest BCUT2D eigenvalue weighted by Gasteiger charge is 2.65. The van der Waals surface area contributed by atoms with Crippen LogP contribution < -0.4 is 5.73 Å². The topological polar surface area (TPSA) is 118 Å². The molecular weight excluding hydrogens is 378 g/mol. The minimum absolute atomic E-state index is 0.169. The Morgan fingerprint density at radius 1 is 1.14 bits per heavy atom. The van der Waals surface area contributed by atoms with Gasteiger partial charge in [-0.1, -0.05) is 41.5 Å². The maximum Gasteiger partial charge on any atom is 0.349 e. The normalized spacial score (nSPS) is 30.5. The number of ether oxygens (including phenoxy) is 1. The quantitative estimate of drug-likeness (QED) is 0.690. The summed E-state index contributed by atoms with van der Waals surface area (Å²) in [6, 6.07) is 0. The smallest absolute Gasteiger partial charge is 0.349 e. The predicted molar refractivity (Wildman–Crippen MR) is 106 cm³/mol. The molecule has 0 bridgehead atoms. The molecule has 4 atom stereocenters. The number of nitrogens with two attached hydrogens (primary N) is 1. The van der Waals surface area contributed by atoms with Gasteiger partial charge in [0.15, 0.2) is 17.7 Å². The van der Waals surface area contributed by atoms with Crippen molar-refractivity contribution in [1.82, 2.24) is 19.5 Å². The standard InChI is InChI=1S/C18H29N5O4Si/c1-17(2,3)28(18(4,5)6)25-7-10-13(27-28)12(24)16(26-10)23-9-22-11-14(19)20-8-21-15(11)23/h8-10,12-13,16,24H,7H2,1-6H3,(H2,19,20,21)/t10-,12-,13-,16-/m1/s1. The van der Waals surface area contributed by atoms with Crippen LogP contribution in [0.5, 0.6) is 0 Å². The minimum atomic E-state index is -2.70. The zero-order valence-corrected chi connectivity index (χ0v) is 18.2. The van der Waals surface area contributed by atoms with Gasteiger partial charge in [0.05, 0.1) is 12.9 Å². The summed E-state index contributed by atoms with van der Waals surface area (Å²) in [6.45, 7) is 13.3. The van der Waals surface area contributed by atoms with Crippen LogP contribution in [-0.2, 0) is 13.6 Å². The average Bonchev–Trinajstić information content (AvgIpc) is 3.15. The third kappa shape index (κ3) is 2.70. The van der Waals surface area contributed by atoms with Crippen molar-refractivity contribution < 1.29 is 18.7 Å². The average molecular weight is 408 g/mol. The molecule has 4 rings (SSSR count). The lowest BCUT2D eigenvalue weighted by molar-refractivity contribution is -0.0795. The molecule has 4 heterocycles. The number of anilines is 1. The summed E-state index contributed by atoms with van der Waals surface area (Å²) >= 11 is 0. The zero-order chi connectivity index (χ0) is 20.5. The lowest BCUT2D eigenvalue weighted by Crippen LogP contribution is -2.65. The highest BCUT2D eigenvalue weighted by molar-refractivity contribution is 6.73. The summed E-state index contributed by atoms with van der Waals surface area (Å²) < 4.78 is 20.9. The van der Waals surface area contributed by atoms with Crippen molar-refractivity contribution in [3.8, 4) is 0 Å². The molecule has 2 fully saturated rings. The van der Waals surface area contributed by atoms with Gasteiger partial charge in [0, 0.05) is 10.1 Å². The van der Waals surface area contributed by atoms with E-state index >= 15 is 0 Å². The molecule has 0 spiro atoms. The third-order valence-corrected chi connectivity index (χ3v) is 10.8. The molecule has 2 saturated heterocycles. The van der Waals surface area contributed by atoms with Gasteiger partial charge in [0.25, 0.3) is 0 Å². The number of aliphatic hydroxyl groups excluding tert-OH is 1. The summed E-state index contributed by atoms with van der Waals surface area (Å²) in [6.07, 6.45) is 0.560. The van der Waals surface area contributed by atoms with E-state index in [0.717, 1.165) is 0 Å². The van der Waals surface area contributed by atoms with Crippen molar-refractivity contribution in [3.63, 3.8) is 0 Å². The number of fused-ring (bicyclic) bond motifs is 2. The minimum Gasteiger partial charge on any atom is -0.391 e. The Hall–Kier alpha value is -1.59. The van der Waals surface area contributed by atoms with Crippen LogP contribution in [0.1, 0.15) is 47.8 Å². The first kappa shape index (κ1) is 19.7. The Kier molecular flexibility index (Phi) is 4.36. The summed E-state index contributed by atoms with van der Waals surface area (Å²) in [5, 5.41) is 10.8. The second kappa shape index (κ2) is 6.20. The van der Waals surface area contributed by atoms with E-state index in [4.69, 9.17) is 19.3 Å². The van der Waals surface area contributed by atoms with E-state index in [0.29, 0.717) is 23.6 Å². The molecule has 2 aromatic rings. The molecule has 2 aromatic heterocycles. The van der Waals surface area contributed by atoms with Gasteiger partial charge in [-0.25, -0.2) is 15.0 Å². The molecule has 3 N–H and O–H groups in total. The van der Waals surface area contributed by atoms with Crippen molar-refractivity contribution in [2.45, 2.75) is 76.2 Å². The van der Waals surface area contributed by atoms with Crippen LogP contribution in [-0.4, -0.2) is 58.1 Å². The van der Waals surface area contributed by atoms with Gasteiger partial charge >= 0.3 is 8.56 Å². The molecular formula is C18H29N5O4Si. The highest BCUT2D eigenvalue weighted by Crippen LogP contribution is 2.55. The van der Waals surface area contributed by atoms with Crippen molar-refractivity contribution in [1.29, 1.82) is 0 Å². The number of aromatic nitrogens is 4. The number of imidazole rings is 1. The number of hydrogen-bond donors (Lipinski definition) is 2. The first-order chi connectivity index (χ1) is 13.0. The second-order valence-electron chi connectivity index (χ2n) is 9.65. The third-order valence-electron chi connectivity index (χ3n) is 5.70. The highest BCUT2D eigenvalue weighted by atomic mass is 28.4. The van der Waals surface area contributed by atoms with E-state index in [1.54, 1.807) is 10.9 Å². The predicted octanol–water partition coefficient (Wildman–Crippen LogP) is 2.12. The molecule has 0 amide bonds. The SMILES string of the molecule is CC(C)(C)[Si]1(C(C)(C)C)OC[C@H]2O[C@@H](n3cnc4c(N)ncnc43)[C@H](O)[C@@H]2O1. The molecule has 0 aromatic carbocycles. The van der Waals surface area contributed by atoms with Gasteiger partial charge in [-0.3, -0.25) is 4.57 Å². The van der Waals surface area contributed by atoms with Crippen LogP contribution in [0.25, 0.3) is 11.2 Å². The molecule has 0 radical (unpaired) electrons. The maximum atomic E-state index is 11.1. The summed E-state index contributed by atoms with van der Waals surface area (Å²) in [4.78, 5) is 12.5. The van der Waals surface area contributed by atoms with Crippen LogP contribution in [0.4, 0.5) is 5.82 Å². The molecule has 10 heteroatoms. The van der Waals surface area contributed by atoms with Gasteiger partial charge < -0.3 is 24.4 Å². The Morgan fingerprint density at radius 3 is 2.46 bits per heavy atom. The molecule has 28 heavy (non-hydrogen) atoms. The van der Waals surface area contributed by atoms with Crippen molar-refractivity contribution in [3.05, 3.63) is 12.7 Å². The lowest BCUT2D eigenvalue weighted by atomic mass is 10.1. The molecule has 2 aliphatic heterocycles. The lowest BCUT2D eigenvalue weighted by Gasteiger charge is -2.53. The van der Waals surface area contributed by atoms with Gasteiger partial charge in [-0.2, -0.15) is 0 Å². The van der Waals surface area contributed by atoms with E-state index in [2.05, 4.69) is 56.5 Å². The Bertz CT molecular complexity index is 876. The Labute approximate surface area is 165 Å². The fourth-order valence-electron chi connectivity index (χ4n) is 4.62. The Morgan fingerprint density at radius 2 is 1.82 bits per heavy atom. The summed E-state index contributed by atoms with van der Waals surface area (Å²) in [5.41, 5.74) is 6.89. The fourth-order valence-corrected chi connectivity index (χ4v) is 9.59. The maximum absolute atomic E-state index is 11.1. The van der Waals surface area contributed by atoms with Crippen LogP contribution in [0.15, 0.2) is 12.7 Å². The first-order valence-electron chi connectivity index (χ1n) is 9.54. The number of aliphatic hydroxyl groups is 1. The van der Waals surface area contributed by atoms with E-state index in [1.807, 2.05) is 0 Å². The van der Waals surface area contributed by atoms with Crippen molar-refractivity contribution >= 4 is 25.5 Å². The van der Waals surface area contributed by atoms with E-state index in [9.17, 15) is 5.11 Å². The van der Waals surface area contributed by atoms with E-state index < -0.39 is 27.0 Å². The van der Waals surface area contributed by atoms with Gasteiger partial charge in [0.1, 0.15) is 30.2 Å². The van der Waals surface area contributed by atoms with Crippen LogP contribution >= 0.6 is 0 Å². The molecule has 0 saturated carbocycles. The van der Waals surface area contributed by atoms with Gasteiger partial charge in [-0.05, 0) is 0 Å². The second-order valence-corrected chi connectivity index (χ2v) is 14.4. The number of rotatable bonds is 1. The van der Waals surface area contributed by atoms with Gasteiger partial charge in [0.2, 0.25) is 0 Å². The molecule has 154 valence electrons. The van der Waals surface area contributed by atoms with Gasteiger partial charge in [-0.15, -0.1) is 0 Å². The van der Waals surface area contributed by atoms with Crippen molar-refractivity contribution in [2.24, 2.45) is 0 Å². The number of hydrogen-bond acceptors (Lipinski definition) is 8. The van der Waals surface area contributed by atoms with Crippen LogP contribution in [0.3, 0.4) is 0 Å². The number of nitrogen functional groups attached to an aromatic ring is 1. The zero-order valence-electron chi connectivity index (χ0n) is 17.2. The summed E-state index contributed by atoms with van der Waals surface area (Å²) in [7, 11) is -2.70. The fraction of sp³-hybridized carbons (Fsp3) is 0.722. The van der Waals surface area contributed by atoms with Crippen LogP contribution in [0.2, 0.25) is 10.1 Å². The van der Waals surface area contributed by atoms with Crippen molar-refractivity contribution in [2.75, 3.05) is 12.3 Å². The number of nitrogens with zero attached hydrogens (tertiary/aromatic N) is 4.